The van der Waals surface area contributed by atoms with Crippen LogP contribution in [-0.4, -0.2) is 6.61 Å². The maximum Gasteiger partial charge on any atom is 0.124 e. The summed E-state index contributed by atoms with van der Waals surface area (Å²) in [6, 6.07) is 8.37. The third kappa shape index (κ3) is 1.88. The van der Waals surface area contributed by atoms with Gasteiger partial charge in [0, 0.05) is 17.5 Å². The molecule has 19 heavy (non-hydrogen) atoms. The van der Waals surface area contributed by atoms with E-state index in [0.717, 1.165) is 43.0 Å². The van der Waals surface area contributed by atoms with E-state index in [4.69, 9.17) is 10.5 Å². The lowest BCUT2D eigenvalue weighted by molar-refractivity contribution is 0.169. The van der Waals surface area contributed by atoms with Crippen LogP contribution in [0.3, 0.4) is 0 Å². The van der Waals surface area contributed by atoms with Crippen molar-refractivity contribution in [2.45, 2.75) is 44.1 Å². The first-order valence-electron chi connectivity index (χ1n) is 7.76. The fraction of sp³-hybridized carbons (Fsp3) is 0.647. The highest BCUT2D eigenvalue weighted by molar-refractivity contribution is 5.40. The predicted octanol–water partition coefficient (Wildman–Crippen LogP) is 3.45. The molecule has 2 N–H and O–H groups in total. The lowest BCUT2D eigenvalue weighted by Crippen LogP contribution is -2.43. The first-order valence-corrected chi connectivity index (χ1v) is 7.76. The number of para-hydroxylation sites is 1. The third-order valence-electron chi connectivity index (χ3n) is 5.74. The summed E-state index contributed by atoms with van der Waals surface area (Å²) >= 11 is 0. The minimum atomic E-state index is -0.149. The summed E-state index contributed by atoms with van der Waals surface area (Å²) in [5.41, 5.74) is 7.89. The second kappa shape index (κ2) is 4.24. The summed E-state index contributed by atoms with van der Waals surface area (Å²) in [4.78, 5) is 0. The molecule has 0 spiro atoms. The van der Waals surface area contributed by atoms with Crippen LogP contribution in [0.5, 0.6) is 5.75 Å². The summed E-state index contributed by atoms with van der Waals surface area (Å²) in [6.45, 7) is 0.772. The average molecular weight is 257 g/mol. The predicted molar refractivity (Wildman–Crippen MR) is 76.0 cm³/mol. The molecule has 2 aliphatic carbocycles. The zero-order chi connectivity index (χ0) is 12.9. The van der Waals surface area contributed by atoms with Crippen LogP contribution in [0.1, 0.15) is 44.1 Å². The molecule has 3 aliphatic rings. The molecule has 1 heterocycles. The molecule has 102 valence electrons. The Morgan fingerprint density at radius 3 is 2.89 bits per heavy atom. The van der Waals surface area contributed by atoms with Crippen molar-refractivity contribution in [1.29, 1.82) is 0 Å². The Morgan fingerprint density at radius 2 is 2.11 bits per heavy atom. The summed E-state index contributed by atoms with van der Waals surface area (Å²) in [5, 5.41) is 0. The van der Waals surface area contributed by atoms with E-state index in [1.807, 2.05) is 6.07 Å². The summed E-state index contributed by atoms with van der Waals surface area (Å²) in [5.74, 6) is 3.84. The Labute approximate surface area is 115 Å². The quantitative estimate of drug-likeness (QED) is 0.880. The molecule has 4 unspecified atom stereocenters. The van der Waals surface area contributed by atoms with Crippen LogP contribution in [0, 0.1) is 17.8 Å². The van der Waals surface area contributed by atoms with E-state index in [-0.39, 0.29) is 5.54 Å². The highest BCUT2D eigenvalue weighted by Gasteiger charge is 2.44. The normalized spacial score (nSPS) is 39.9. The van der Waals surface area contributed by atoms with Crippen LogP contribution in [-0.2, 0) is 5.54 Å². The maximum atomic E-state index is 6.80. The molecule has 1 aromatic rings. The number of hydrogen-bond donors (Lipinski definition) is 1. The molecule has 0 aromatic heterocycles. The molecular weight excluding hydrogens is 234 g/mol. The minimum Gasteiger partial charge on any atom is -0.493 e. The highest BCUT2D eigenvalue weighted by Crippen LogP contribution is 2.52. The van der Waals surface area contributed by atoms with Crippen molar-refractivity contribution in [1.82, 2.24) is 0 Å². The van der Waals surface area contributed by atoms with Crippen LogP contribution in [0.15, 0.2) is 24.3 Å². The lowest BCUT2D eigenvalue weighted by Gasteiger charge is -2.39. The van der Waals surface area contributed by atoms with Crippen LogP contribution >= 0.6 is 0 Å². The average Bonchev–Trinajstić information content (AvgIpc) is 3.01. The van der Waals surface area contributed by atoms with Crippen LogP contribution in [0.2, 0.25) is 0 Å². The molecule has 0 saturated heterocycles. The van der Waals surface area contributed by atoms with Crippen LogP contribution < -0.4 is 10.5 Å². The van der Waals surface area contributed by atoms with E-state index < -0.39 is 0 Å². The molecular formula is C17H23NO. The number of ether oxygens (including phenoxy) is 1. The van der Waals surface area contributed by atoms with E-state index in [2.05, 4.69) is 18.2 Å². The molecule has 2 bridgehead atoms. The number of rotatable bonds is 2. The summed E-state index contributed by atoms with van der Waals surface area (Å²) < 4.78 is 5.77. The number of nitrogens with two attached hydrogens (primary N) is 1. The molecule has 0 radical (unpaired) electrons. The number of fused-ring (bicyclic) bond motifs is 3. The Balaban J connectivity index is 1.60. The molecule has 1 aromatic carbocycles. The molecule has 2 heteroatoms. The highest BCUT2D eigenvalue weighted by atomic mass is 16.5. The smallest absolute Gasteiger partial charge is 0.124 e. The number of benzene rings is 1. The van der Waals surface area contributed by atoms with Crippen molar-refractivity contribution >= 4 is 0 Å². The molecule has 2 nitrogen and oxygen atoms in total. The van der Waals surface area contributed by atoms with Gasteiger partial charge in [-0.1, -0.05) is 24.6 Å². The van der Waals surface area contributed by atoms with Gasteiger partial charge in [-0.2, -0.15) is 0 Å². The molecule has 4 atom stereocenters. The molecule has 1 aliphatic heterocycles. The van der Waals surface area contributed by atoms with Gasteiger partial charge in [-0.05, 0) is 49.5 Å². The Morgan fingerprint density at radius 1 is 1.21 bits per heavy atom. The Bertz CT molecular complexity index is 486. The van der Waals surface area contributed by atoms with E-state index in [1.54, 1.807) is 0 Å². The summed E-state index contributed by atoms with van der Waals surface area (Å²) in [7, 11) is 0. The SMILES string of the molecule is NC1(CC2CC3CCC2C3)CCOc2ccccc21. The first-order chi connectivity index (χ1) is 9.24. The molecule has 4 rings (SSSR count). The fourth-order valence-corrected chi connectivity index (χ4v) is 4.79. The van der Waals surface area contributed by atoms with Gasteiger partial charge in [-0.3, -0.25) is 0 Å². The number of hydrogen-bond acceptors (Lipinski definition) is 2. The lowest BCUT2D eigenvalue weighted by atomic mass is 9.74. The van der Waals surface area contributed by atoms with Gasteiger partial charge in [0.15, 0.2) is 0 Å². The zero-order valence-corrected chi connectivity index (χ0v) is 11.5. The topological polar surface area (TPSA) is 35.2 Å². The standard InChI is InChI=1S/C17H23NO/c18-17(11-14-10-12-5-6-13(14)9-12)7-8-19-16-4-2-1-3-15(16)17/h1-4,12-14H,5-11,18H2. The fourth-order valence-electron chi connectivity index (χ4n) is 4.79. The van der Waals surface area contributed by atoms with Gasteiger partial charge < -0.3 is 10.5 Å². The van der Waals surface area contributed by atoms with Gasteiger partial charge in [-0.15, -0.1) is 0 Å². The minimum absolute atomic E-state index is 0.149. The van der Waals surface area contributed by atoms with E-state index in [9.17, 15) is 0 Å². The first kappa shape index (κ1) is 11.8. The van der Waals surface area contributed by atoms with Gasteiger partial charge in [0.1, 0.15) is 5.75 Å². The van der Waals surface area contributed by atoms with Crippen LogP contribution in [0.25, 0.3) is 0 Å². The van der Waals surface area contributed by atoms with Crippen molar-refractivity contribution in [3.05, 3.63) is 29.8 Å². The van der Waals surface area contributed by atoms with Crippen LogP contribution in [0.4, 0.5) is 0 Å². The van der Waals surface area contributed by atoms with Crippen molar-refractivity contribution in [2.24, 2.45) is 23.5 Å². The van der Waals surface area contributed by atoms with Crippen molar-refractivity contribution < 1.29 is 4.74 Å². The second-order valence-corrected chi connectivity index (χ2v) is 6.89. The second-order valence-electron chi connectivity index (χ2n) is 6.89. The van der Waals surface area contributed by atoms with Gasteiger partial charge in [-0.25, -0.2) is 0 Å². The van der Waals surface area contributed by atoms with E-state index in [1.165, 1.54) is 31.2 Å². The molecule has 2 saturated carbocycles. The third-order valence-corrected chi connectivity index (χ3v) is 5.74. The largest absolute Gasteiger partial charge is 0.493 e. The zero-order valence-electron chi connectivity index (χ0n) is 11.5. The monoisotopic (exact) mass is 257 g/mol. The van der Waals surface area contributed by atoms with Gasteiger partial charge in [0.2, 0.25) is 0 Å². The van der Waals surface area contributed by atoms with E-state index in [0.29, 0.717) is 0 Å². The Kier molecular flexibility index (Phi) is 2.63. The molecule has 0 amide bonds. The van der Waals surface area contributed by atoms with Crippen molar-refractivity contribution in [3.63, 3.8) is 0 Å². The summed E-state index contributed by atoms with van der Waals surface area (Å²) in [6.07, 6.45) is 7.94. The van der Waals surface area contributed by atoms with Gasteiger partial charge >= 0.3 is 0 Å². The van der Waals surface area contributed by atoms with Crippen molar-refractivity contribution in [2.75, 3.05) is 6.61 Å². The van der Waals surface area contributed by atoms with Gasteiger partial charge in [0.25, 0.3) is 0 Å². The maximum absolute atomic E-state index is 6.80. The Hall–Kier alpha value is -1.02. The van der Waals surface area contributed by atoms with E-state index >= 15 is 0 Å². The van der Waals surface area contributed by atoms with Gasteiger partial charge in [0.05, 0.1) is 6.61 Å². The van der Waals surface area contributed by atoms with Crippen molar-refractivity contribution in [3.8, 4) is 5.75 Å². The molecule has 2 fully saturated rings.